The molecule has 4 aromatic rings. The summed E-state index contributed by atoms with van der Waals surface area (Å²) in [7, 11) is -4.43. The zero-order valence-electron chi connectivity index (χ0n) is 17.7. The van der Waals surface area contributed by atoms with Gasteiger partial charge in [0, 0.05) is 0 Å². The van der Waals surface area contributed by atoms with E-state index in [1.165, 1.54) is 23.4 Å². The molecule has 2 aliphatic carbocycles. The van der Waals surface area contributed by atoms with Crippen LogP contribution in [-0.2, 0) is 16.5 Å². The zero-order chi connectivity index (χ0) is 22.9. The Hall–Kier alpha value is -3.56. The number of hydrogen-bond donors (Lipinski definition) is 2. The predicted molar refractivity (Wildman–Crippen MR) is 126 cm³/mol. The summed E-state index contributed by atoms with van der Waals surface area (Å²) in [5, 5.41) is 3.12. The second kappa shape index (κ2) is 6.97. The van der Waals surface area contributed by atoms with Crippen LogP contribution in [0.25, 0.3) is 33.6 Å². The number of nitrogens with one attached hydrogen (secondary N) is 1. The smallest absolute Gasteiger partial charge is 0.298 e. The van der Waals surface area contributed by atoms with Crippen LogP contribution in [0.15, 0.2) is 53.9 Å². The van der Waals surface area contributed by atoms with Gasteiger partial charge in [0.25, 0.3) is 15.7 Å². The van der Waals surface area contributed by atoms with Crippen molar-refractivity contribution in [1.29, 1.82) is 0 Å². The Labute approximate surface area is 188 Å². The molecule has 2 atom stereocenters. The summed E-state index contributed by atoms with van der Waals surface area (Å²) in [4.78, 5) is 23.1. The maximum absolute atomic E-state index is 12.5. The van der Waals surface area contributed by atoms with Crippen molar-refractivity contribution in [1.82, 2.24) is 19.5 Å². The van der Waals surface area contributed by atoms with Gasteiger partial charge in [-0.1, -0.05) is 48.1 Å². The molecule has 0 saturated carbocycles. The Morgan fingerprint density at radius 2 is 1.97 bits per heavy atom. The van der Waals surface area contributed by atoms with Crippen LogP contribution in [0.5, 0.6) is 0 Å². The minimum absolute atomic E-state index is 0.147. The molecule has 0 radical (unpaired) electrons. The van der Waals surface area contributed by atoms with Gasteiger partial charge in [-0.25, -0.2) is 4.98 Å². The number of fused-ring (bicyclic) bond motifs is 6. The zero-order valence-corrected chi connectivity index (χ0v) is 18.5. The third-order valence-corrected chi connectivity index (χ3v) is 7.96. The van der Waals surface area contributed by atoms with Gasteiger partial charge in [0.2, 0.25) is 0 Å². The van der Waals surface area contributed by atoms with E-state index >= 15 is 0 Å². The van der Waals surface area contributed by atoms with E-state index in [0.717, 1.165) is 33.5 Å². The molecule has 2 aliphatic rings. The number of rotatable bonds is 2. The second-order valence-electron chi connectivity index (χ2n) is 8.60. The fourth-order valence-electron chi connectivity index (χ4n) is 5.34. The van der Waals surface area contributed by atoms with Crippen LogP contribution >= 0.6 is 0 Å². The molecule has 0 amide bonds. The summed E-state index contributed by atoms with van der Waals surface area (Å²) in [5.74, 6) is 0. The summed E-state index contributed by atoms with van der Waals surface area (Å²) in [5.41, 5.74) is 2.88. The van der Waals surface area contributed by atoms with E-state index in [-0.39, 0.29) is 11.9 Å². The average molecular weight is 461 g/mol. The van der Waals surface area contributed by atoms with E-state index in [1.807, 2.05) is 19.1 Å². The number of nitrogens with zero attached hydrogens (tertiary/aromatic N) is 3. The second-order valence-corrected chi connectivity index (χ2v) is 10.2. The number of H-pyrrole nitrogens is 1. The lowest BCUT2D eigenvalue weighted by atomic mass is 9.85. The largest absolute Gasteiger partial charge is 0.339 e. The van der Waals surface area contributed by atoms with Crippen molar-refractivity contribution in [2.24, 2.45) is 0 Å². The third kappa shape index (κ3) is 2.93. The summed E-state index contributed by atoms with van der Waals surface area (Å²) >= 11 is 0. The van der Waals surface area contributed by atoms with E-state index in [0.29, 0.717) is 5.65 Å². The first-order valence-corrected chi connectivity index (χ1v) is 12.1. The van der Waals surface area contributed by atoms with E-state index in [9.17, 15) is 17.8 Å². The van der Waals surface area contributed by atoms with Crippen molar-refractivity contribution in [3.05, 3.63) is 81.0 Å². The molecule has 0 bridgehead atoms. The minimum Gasteiger partial charge on any atom is -0.339 e. The number of benzene rings is 2. The number of hydrogen-bond acceptors (Lipinski definition) is 5. The highest BCUT2D eigenvalue weighted by molar-refractivity contribution is 7.86. The lowest BCUT2D eigenvalue weighted by Crippen LogP contribution is -2.41. The van der Waals surface area contributed by atoms with Gasteiger partial charge in [-0.15, -0.1) is 0 Å². The SMILES string of the molecule is CC1=c2c(ccc3c4c(ccc23)CC=CC=4)C(n2cnc(=O)c3[nH]cnc32)C(S(=O)(=O)O)C1. The fourth-order valence-corrected chi connectivity index (χ4v) is 6.40. The van der Waals surface area contributed by atoms with Crippen molar-refractivity contribution in [2.75, 3.05) is 0 Å². The Bertz CT molecular complexity index is 1800. The minimum atomic E-state index is -4.43. The van der Waals surface area contributed by atoms with Crippen molar-refractivity contribution < 1.29 is 13.0 Å². The van der Waals surface area contributed by atoms with E-state index in [4.69, 9.17) is 0 Å². The highest BCUT2D eigenvalue weighted by atomic mass is 32.2. The van der Waals surface area contributed by atoms with Crippen LogP contribution in [0.2, 0.25) is 0 Å². The van der Waals surface area contributed by atoms with Crippen LogP contribution in [0.1, 0.15) is 30.5 Å². The maximum atomic E-state index is 12.5. The first-order chi connectivity index (χ1) is 15.8. The molecular formula is C24H20N4O4S. The van der Waals surface area contributed by atoms with Gasteiger partial charge in [-0.05, 0) is 52.1 Å². The fraction of sp³-hybridized carbons (Fsp3) is 0.208. The summed E-state index contributed by atoms with van der Waals surface area (Å²) < 4.78 is 36.8. The van der Waals surface area contributed by atoms with Gasteiger partial charge in [-0.3, -0.25) is 9.35 Å². The first-order valence-electron chi connectivity index (χ1n) is 10.6. The Morgan fingerprint density at radius 3 is 2.79 bits per heavy atom. The molecule has 2 unspecified atom stereocenters. The quantitative estimate of drug-likeness (QED) is 0.439. The molecule has 8 nitrogen and oxygen atoms in total. The molecule has 2 aromatic heterocycles. The summed E-state index contributed by atoms with van der Waals surface area (Å²) in [6, 6.07) is 7.32. The highest BCUT2D eigenvalue weighted by Gasteiger charge is 2.39. The van der Waals surface area contributed by atoms with Crippen molar-refractivity contribution in [3.63, 3.8) is 0 Å². The lowest BCUT2D eigenvalue weighted by molar-refractivity contribution is 0.434. The van der Waals surface area contributed by atoms with Crippen LogP contribution < -0.4 is 16.0 Å². The molecule has 6 rings (SSSR count). The molecule has 0 fully saturated rings. The molecule has 9 heteroatoms. The number of aromatic nitrogens is 4. The van der Waals surface area contributed by atoms with Crippen molar-refractivity contribution >= 4 is 43.7 Å². The molecule has 33 heavy (non-hydrogen) atoms. The normalized spacial score (nSPS) is 20.0. The Balaban J connectivity index is 1.73. The van der Waals surface area contributed by atoms with Gasteiger partial charge >= 0.3 is 0 Å². The lowest BCUT2D eigenvalue weighted by Gasteiger charge is -2.32. The number of aromatic amines is 1. The molecule has 2 heterocycles. The monoisotopic (exact) mass is 460 g/mol. The third-order valence-electron chi connectivity index (χ3n) is 6.77. The van der Waals surface area contributed by atoms with Crippen LogP contribution in [0.4, 0.5) is 0 Å². The van der Waals surface area contributed by atoms with Crippen molar-refractivity contribution in [3.8, 4) is 0 Å². The van der Waals surface area contributed by atoms with Crippen LogP contribution in [-0.4, -0.2) is 37.7 Å². The average Bonchev–Trinajstić information content (AvgIpc) is 3.29. The first kappa shape index (κ1) is 20.1. The van der Waals surface area contributed by atoms with Crippen molar-refractivity contribution in [2.45, 2.75) is 31.1 Å². The van der Waals surface area contributed by atoms with Gasteiger partial charge < -0.3 is 9.55 Å². The molecule has 2 N–H and O–H groups in total. The molecule has 2 aromatic carbocycles. The van der Waals surface area contributed by atoms with Crippen LogP contribution in [0, 0.1) is 0 Å². The maximum Gasteiger partial charge on any atom is 0.298 e. The number of allylic oxidation sites excluding steroid dienone is 2. The number of imidazole rings is 1. The summed E-state index contributed by atoms with van der Waals surface area (Å²) in [6.07, 6.45) is 9.98. The van der Waals surface area contributed by atoms with Gasteiger partial charge in [0.05, 0.1) is 12.4 Å². The van der Waals surface area contributed by atoms with Crippen LogP contribution in [0.3, 0.4) is 0 Å². The molecule has 166 valence electrons. The van der Waals surface area contributed by atoms with Gasteiger partial charge in [0.1, 0.15) is 11.6 Å². The molecular weight excluding hydrogens is 440 g/mol. The van der Waals surface area contributed by atoms with Gasteiger partial charge in [-0.2, -0.15) is 13.4 Å². The van der Waals surface area contributed by atoms with E-state index in [2.05, 4.69) is 45.3 Å². The van der Waals surface area contributed by atoms with Gasteiger partial charge in [0.15, 0.2) is 11.2 Å². The standard InChI is InChI=1S/C24H20N4O4S/c1-13-10-19(33(30,31)32)22(28-12-27-24(29)21-23(28)26-11-25-21)18-9-8-16-15-5-3-2-4-14(15)6-7-17(16)20(13)18/h2-3,5-9,11-12,19,22H,4,10H2,1H3,(H,25,26)(H,30,31,32). The van der Waals surface area contributed by atoms with E-state index < -0.39 is 27.0 Å². The Kier molecular flexibility index (Phi) is 4.24. The van der Waals surface area contributed by atoms with E-state index in [1.54, 1.807) is 4.57 Å². The highest BCUT2D eigenvalue weighted by Crippen LogP contribution is 2.35. The molecule has 0 aliphatic heterocycles. The Morgan fingerprint density at radius 1 is 1.15 bits per heavy atom. The molecule has 0 spiro atoms. The molecule has 0 saturated heterocycles. The summed E-state index contributed by atoms with van der Waals surface area (Å²) in [6.45, 7) is 1.91. The predicted octanol–water partition coefficient (Wildman–Crippen LogP) is 1.59. The topological polar surface area (TPSA) is 118 Å².